The highest BCUT2D eigenvalue weighted by atomic mass is 79.9. The standard InChI is InChI=1S/C10H12BrNO2/c1-6(2)14-9-5-7(10(12)13)3-4-8(9)11/h3-6H,1-2H3,(H2,12,13). The molecule has 0 aromatic heterocycles. The van der Waals surface area contributed by atoms with E-state index in [4.69, 9.17) is 10.5 Å². The lowest BCUT2D eigenvalue weighted by Crippen LogP contribution is -2.12. The highest BCUT2D eigenvalue weighted by Crippen LogP contribution is 2.26. The third-order valence-electron chi connectivity index (χ3n) is 1.58. The first-order valence-corrected chi connectivity index (χ1v) is 5.06. The molecule has 0 aliphatic rings. The van der Waals surface area contributed by atoms with Crippen molar-refractivity contribution in [2.45, 2.75) is 20.0 Å². The lowest BCUT2D eigenvalue weighted by Gasteiger charge is -2.11. The van der Waals surface area contributed by atoms with Gasteiger partial charge in [-0.15, -0.1) is 0 Å². The zero-order valence-corrected chi connectivity index (χ0v) is 9.67. The maximum absolute atomic E-state index is 10.9. The van der Waals surface area contributed by atoms with E-state index in [0.29, 0.717) is 11.3 Å². The molecule has 0 heterocycles. The Morgan fingerprint density at radius 2 is 2.14 bits per heavy atom. The summed E-state index contributed by atoms with van der Waals surface area (Å²) in [5, 5.41) is 0. The minimum atomic E-state index is -0.453. The fraction of sp³-hybridized carbons (Fsp3) is 0.300. The zero-order chi connectivity index (χ0) is 10.7. The number of rotatable bonds is 3. The number of hydrogen-bond donors (Lipinski definition) is 1. The molecular formula is C10H12BrNO2. The van der Waals surface area contributed by atoms with E-state index in [0.717, 1.165) is 4.47 Å². The fourth-order valence-electron chi connectivity index (χ4n) is 1.00. The third kappa shape index (κ3) is 2.73. The van der Waals surface area contributed by atoms with Crippen molar-refractivity contribution < 1.29 is 9.53 Å². The van der Waals surface area contributed by atoms with Gasteiger partial charge in [-0.25, -0.2) is 0 Å². The highest BCUT2D eigenvalue weighted by molar-refractivity contribution is 9.10. The van der Waals surface area contributed by atoms with E-state index in [1.807, 2.05) is 13.8 Å². The predicted octanol–water partition coefficient (Wildman–Crippen LogP) is 2.34. The van der Waals surface area contributed by atoms with Gasteiger partial charge in [0, 0.05) is 5.56 Å². The van der Waals surface area contributed by atoms with Gasteiger partial charge in [0.2, 0.25) is 5.91 Å². The molecule has 0 saturated heterocycles. The van der Waals surface area contributed by atoms with Gasteiger partial charge in [0.15, 0.2) is 0 Å². The van der Waals surface area contributed by atoms with Gasteiger partial charge in [0.05, 0.1) is 10.6 Å². The van der Waals surface area contributed by atoms with Gasteiger partial charge in [0.1, 0.15) is 5.75 Å². The highest BCUT2D eigenvalue weighted by Gasteiger charge is 2.07. The first-order valence-electron chi connectivity index (χ1n) is 4.26. The average molecular weight is 258 g/mol. The van der Waals surface area contributed by atoms with Crippen LogP contribution < -0.4 is 10.5 Å². The van der Waals surface area contributed by atoms with E-state index < -0.39 is 5.91 Å². The monoisotopic (exact) mass is 257 g/mol. The van der Waals surface area contributed by atoms with Crippen molar-refractivity contribution in [2.75, 3.05) is 0 Å². The summed E-state index contributed by atoms with van der Waals surface area (Å²) in [6, 6.07) is 5.03. The van der Waals surface area contributed by atoms with Gasteiger partial charge >= 0.3 is 0 Å². The summed E-state index contributed by atoms with van der Waals surface area (Å²) in [5.74, 6) is 0.183. The molecule has 14 heavy (non-hydrogen) atoms. The molecule has 0 spiro atoms. The summed E-state index contributed by atoms with van der Waals surface area (Å²) >= 11 is 3.33. The van der Waals surface area contributed by atoms with Crippen molar-refractivity contribution in [1.29, 1.82) is 0 Å². The molecular weight excluding hydrogens is 246 g/mol. The van der Waals surface area contributed by atoms with Crippen LogP contribution >= 0.6 is 15.9 Å². The van der Waals surface area contributed by atoms with Crippen LogP contribution in [0.4, 0.5) is 0 Å². The maximum atomic E-state index is 10.9. The normalized spacial score (nSPS) is 10.3. The molecule has 0 aliphatic heterocycles. The van der Waals surface area contributed by atoms with Gasteiger partial charge in [-0.1, -0.05) is 0 Å². The molecule has 1 aromatic rings. The van der Waals surface area contributed by atoms with Crippen molar-refractivity contribution in [1.82, 2.24) is 0 Å². The number of amides is 1. The van der Waals surface area contributed by atoms with Crippen LogP contribution in [0.15, 0.2) is 22.7 Å². The van der Waals surface area contributed by atoms with Crippen LogP contribution in [0.3, 0.4) is 0 Å². The third-order valence-corrected chi connectivity index (χ3v) is 2.23. The van der Waals surface area contributed by atoms with Gasteiger partial charge in [-0.3, -0.25) is 4.79 Å². The Balaban J connectivity index is 3.02. The molecule has 0 aliphatic carbocycles. The van der Waals surface area contributed by atoms with E-state index in [1.54, 1.807) is 18.2 Å². The number of carbonyl (C=O) groups excluding carboxylic acids is 1. The summed E-state index contributed by atoms with van der Waals surface area (Å²) in [6.07, 6.45) is 0.0643. The second kappa shape index (κ2) is 4.46. The van der Waals surface area contributed by atoms with E-state index in [9.17, 15) is 4.79 Å². The zero-order valence-electron chi connectivity index (χ0n) is 8.08. The van der Waals surface area contributed by atoms with Crippen LogP contribution in [0, 0.1) is 0 Å². The second-order valence-corrected chi connectivity index (χ2v) is 4.03. The molecule has 0 fully saturated rings. The fourth-order valence-corrected chi connectivity index (χ4v) is 1.34. The summed E-state index contributed by atoms with van der Waals surface area (Å²) in [6.45, 7) is 3.84. The quantitative estimate of drug-likeness (QED) is 0.904. The van der Waals surface area contributed by atoms with E-state index in [1.165, 1.54) is 0 Å². The Bertz CT molecular complexity index is 350. The van der Waals surface area contributed by atoms with E-state index in [-0.39, 0.29) is 6.10 Å². The molecule has 0 bridgehead atoms. The lowest BCUT2D eigenvalue weighted by atomic mass is 10.2. The Morgan fingerprint density at radius 1 is 1.50 bits per heavy atom. The molecule has 1 amide bonds. The van der Waals surface area contributed by atoms with Crippen LogP contribution in [0.1, 0.15) is 24.2 Å². The van der Waals surface area contributed by atoms with Crippen molar-refractivity contribution in [2.24, 2.45) is 5.73 Å². The molecule has 76 valence electrons. The Hall–Kier alpha value is -1.03. The summed E-state index contributed by atoms with van der Waals surface area (Å²) in [4.78, 5) is 10.9. The molecule has 0 unspecified atom stereocenters. The number of nitrogens with two attached hydrogens (primary N) is 1. The molecule has 0 saturated carbocycles. The molecule has 0 radical (unpaired) electrons. The first-order chi connectivity index (χ1) is 6.50. The SMILES string of the molecule is CC(C)Oc1cc(C(N)=O)ccc1Br. The minimum absolute atomic E-state index is 0.0643. The van der Waals surface area contributed by atoms with Gasteiger partial charge in [-0.2, -0.15) is 0 Å². The van der Waals surface area contributed by atoms with Crippen LogP contribution in [0.25, 0.3) is 0 Å². The van der Waals surface area contributed by atoms with Crippen molar-refractivity contribution in [3.8, 4) is 5.75 Å². The van der Waals surface area contributed by atoms with Crippen molar-refractivity contribution >= 4 is 21.8 Å². The predicted molar refractivity (Wildman–Crippen MR) is 58.4 cm³/mol. The number of primary amides is 1. The lowest BCUT2D eigenvalue weighted by molar-refractivity contribution is 0.0999. The molecule has 1 aromatic carbocycles. The topological polar surface area (TPSA) is 52.3 Å². The smallest absolute Gasteiger partial charge is 0.248 e. The van der Waals surface area contributed by atoms with Crippen molar-refractivity contribution in [3.63, 3.8) is 0 Å². The Labute approximate surface area is 91.4 Å². The van der Waals surface area contributed by atoms with Crippen molar-refractivity contribution in [3.05, 3.63) is 28.2 Å². The molecule has 3 nitrogen and oxygen atoms in total. The summed E-state index contributed by atoms with van der Waals surface area (Å²) in [7, 11) is 0. The van der Waals surface area contributed by atoms with E-state index in [2.05, 4.69) is 15.9 Å². The maximum Gasteiger partial charge on any atom is 0.248 e. The molecule has 1 rings (SSSR count). The summed E-state index contributed by atoms with van der Waals surface area (Å²) in [5.41, 5.74) is 5.60. The number of halogens is 1. The Morgan fingerprint density at radius 3 is 2.64 bits per heavy atom. The van der Waals surface area contributed by atoms with Crippen LogP contribution in [-0.4, -0.2) is 12.0 Å². The first kappa shape index (κ1) is 11.0. The molecule has 0 atom stereocenters. The molecule has 4 heteroatoms. The number of hydrogen-bond acceptors (Lipinski definition) is 2. The average Bonchev–Trinajstić information content (AvgIpc) is 2.07. The van der Waals surface area contributed by atoms with Gasteiger partial charge in [-0.05, 0) is 48.0 Å². The van der Waals surface area contributed by atoms with Gasteiger partial charge in [0.25, 0.3) is 0 Å². The number of benzene rings is 1. The minimum Gasteiger partial charge on any atom is -0.490 e. The number of carbonyl (C=O) groups is 1. The van der Waals surface area contributed by atoms with Crippen LogP contribution in [-0.2, 0) is 0 Å². The van der Waals surface area contributed by atoms with Crippen LogP contribution in [0.5, 0.6) is 5.75 Å². The molecule has 2 N–H and O–H groups in total. The second-order valence-electron chi connectivity index (χ2n) is 3.18. The Kier molecular flexibility index (Phi) is 3.52. The largest absolute Gasteiger partial charge is 0.490 e. The van der Waals surface area contributed by atoms with Gasteiger partial charge < -0.3 is 10.5 Å². The van der Waals surface area contributed by atoms with Crippen LogP contribution in [0.2, 0.25) is 0 Å². The summed E-state index contributed by atoms with van der Waals surface area (Å²) < 4.78 is 6.30. The van der Waals surface area contributed by atoms with E-state index >= 15 is 0 Å². The number of ether oxygens (including phenoxy) is 1.